The van der Waals surface area contributed by atoms with Gasteiger partial charge in [-0.1, -0.05) is 155 Å². The molecule has 7 heteroatoms. The number of hydrogen-bond donors (Lipinski definition) is 0. The molecule has 0 N–H and O–H groups in total. The van der Waals surface area contributed by atoms with Gasteiger partial charge in [0.2, 0.25) is 0 Å². The lowest BCUT2D eigenvalue weighted by Crippen LogP contribution is -1.97. The van der Waals surface area contributed by atoms with Gasteiger partial charge in [-0.2, -0.15) is 0 Å². The Morgan fingerprint density at radius 2 is 0.811 bits per heavy atom. The van der Waals surface area contributed by atoms with E-state index in [2.05, 4.69) is 142 Å². The van der Waals surface area contributed by atoms with E-state index in [1.165, 1.54) is 217 Å². The van der Waals surface area contributed by atoms with E-state index in [1.54, 1.807) is 11.3 Å². The van der Waals surface area contributed by atoms with Crippen LogP contribution < -0.4 is 4.74 Å². The lowest BCUT2D eigenvalue weighted by atomic mass is 9.99. The van der Waals surface area contributed by atoms with Gasteiger partial charge in [0.15, 0.2) is 6.29 Å². The summed E-state index contributed by atoms with van der Waals surface area (Å²) in [5.41, 5.74) is 12.3. The molecule has 0 spiro atoms. The Morgan fingerprint density at radius 3 is 1.28 bits per heavy atom. The molecule has 0 amide bonds. The van der Waals surface area contributed by atoms with Crippen molar-refractivity contribution >= 4 is 73.4 Å². The molecule has 0 atom stereocenters. The molecule has 8 aromatic rings. The van der Waals surface area contributed by atoms with Crippen LogP contribution in [0.15, 0.2) is 84.9 Å². The Hall–Kier alpha value is -4.27. The molecule has 0 fully saturated rings. The smallest absolute Gasteiger partial charge is 0.160 e. The molecule has 394 valence electrons. The number of aromatic nitrogens is 1. The monoisotopic (exact) mass is 1060 g/mol. The van der Waals surface area contributed by atoms with Crippen molar-refractivity contribution in [1.29, 1.82) is 0 Å². The Morgan fingerprint density at radius 1 is 0.405 bits per heavy atom. The summed E-state index contributed by atoms with van der Waals surface area (Å²) in [4.78, 5) is 23.0. The van der Waals surface area contributed by atoms with E-state index in [1.807, 2.05) is 22.7 Å². The van der Waals surface area contributed by atoms with Crippen LogP contribution in [-0.2, 0) is 32.2 Å². The Labute approximate surface area is 461 Å². The van der Waals surface area contributed by atoms with E-state index in [-0.39, 0.29) is 0 Å². The number of carbonyl (C=O) groups excluding carboxylic acids is 1. The first kappa shape index (κ1) is 55.9. The molecule has 74 heavy (non-hydrogen) atoms. The number of carbonyl (C=O) groups is 1. The maximum Gasteiger partial charge on any atom is 0.160 e. The Balaban J connectivity index is 1.19. The number of aryl methyl sites for hydroxylation is 5. The van der Waals surface area contributed by atoms with E-state index < -0.39 is 0 Å². The van der Waals surface area contributed by atoms with Gasteiger partial charge in [-0.25, -0.2) is 0 Å². The van der Waals surface area contributed by atoms with Gasteiger partial charge in [0.1, 0.15) is 5.75 Å². The minimum atomic E-state index is 0.781. The minimum Gasteiger partial charge on any atom is -0.494 e. The molecule has 0 unspecified atom stereocenters. The predicted octanol–water partition coefficient (Wildman–Crippen LogP) is 22.7. The maximum absolute atomic E-state index is 12.2. The molecular formula is C67H85NO2S4. The number of nitrogens with zero attached hydrogens (tertiary/aromatic N) is 1. The van der Waals surface area contributed by atoms with Crippen molar-refractivity contribution in [2.45, 2.75) is 202 Å². The fourth-order valence-corrected chi connectivity index (χ4v) is 16.0. The highest BCUT2D eigenvalue weighted by Crippen LogP contribution is 2.50. The molecule has 0 saturated heterocycles. The Bertz CT molecular complexity index is 2990. The number of ether oxygens (including phenoxy) is 1. The van der Waals surface area contributed by atoms with Crippen LogP contribution in [-0.4, -0.2) is 17.5 Å². The quantitative estimate of drug-likeness (QED) is 0.0303. The standard InChI is InChI=1S/C67H85NO2S4/c1-7-13-18-23-28-50-41-56(47-69)71-65(50)61-45-52(30-25-20-15-9-3)67(73-61)63-46-53(31-26-21-16-10-4)66(74-63)62-44-51(29-24-19-14-8-2)64(72-62)54-35-39-60-58(43-54)57-42-49(34-38-59(57)68(60)12-6)48-32-36-55(37-33-48)70-40-27-22-17-11-5/h32-39,41-47H,7-31,40H2,1-6H3. The van der Waals surface area contributed by atoms with Gasteiger partial charge in [-0.15, -0.1) is 45.3 Å². The lowest BCUT2D eigenvalue weighted by molar-refractivity contribution is 0.112. The summed E-state index contributed by atoms with van der Waals surface area (Å²) in [7, 11) is 0. The molecule has 5 aromatic heterocycles. The van der Waals surface area contributed by atoms with Crippen molar-refractivity contribution in [3.8, 4) is 56.6 Å². The van der Waals surface area contributed by atoms with Crippen LogP contribution >= 0.6 is 45.3 Å². The van der Waals surface area contributed by atoms with Crippen molar-refractivity contribution in [1.82, 2.24) is 4.57 Å². The fraction of sp³-hybridized carbons (Fsp3) is 0.478. The average Bonchev–Trinajstić information content (AvgIpc) is 4.28. The third kappa shape index (κ3) is 14.0. The van der Waals surface area contributed by atoms with Gasteiger partial charge >= 0.3 is 0 Å². The first-order valence-electron chi connectivity index (χ1n) is 29.2. The molecule has 0 aliphatic heterocycles. The normalized spacial score (nSPS) is 11.8. The van der Waals surface area contributed by atoms with Crippen LogP contribution in [0.4, 0.5) is 0 Å². The molecule has 0 aliphatic carbocycles. The van der Waals surface area contributed by atoms with Crippen LogP contribution in [0.2, 0.25) is 0 Å². The van der Waals surface area contributed by atoms with Crippen LogP contribution in [0.1, 0.15) is 202 Å². The second-order valence-electron chi connectivity index (χ2n) is 20.9. The van der Waals surface area contributed by atoms with Crippen LogP contribution in [0, 0.1) is 0 Å². The van der Waals surface area contributed by atoms with Crippen LogP contribution in [0.3, 0.4) is 0 Å². The summed E-state index contributed by atoms with van der Waals surface area (Å²) in [6, 6.07) is 33.1. The predicted molar refractivity (Wildman–Crippen MR) is 330 cm³/mol. The van der Waals surface area contributed by atoms with Crippen LogP contribution in [0.25, 0.3) is 72.6 Å². The number of aldehydes is 1. The van der Waals surface area contributed by atoms with Crippen molar-refractivity contribution in [2.24, 2.45) is 0 Å². The van der Waals surface area contributed by atoms with Crippen LogP contribution in [0.5, 0.6) is 5.75 Å². The molecule has 3 nitrogen and oxygen atoms in total. The molecule has 5 heterocycles. The summed E-state index contributed by atoms with van der Waals surface area (Å²) in [5, 5.41) is 2.66. The highest BCUT2D eigenvalue weighted by Gasteiger charge is 2.23. The SMILES string of the molecule is CCCCCCOc1ccc(-c2ccc3c(c2)c2cc(-c4sc(-c5sc(-c6sc(-c7sc(C=O)cc7CCCCCC)cc6CCCCCC)cc5CCCCCC)cc4CCCCCC)ccc2n3CC)cc1. The van der Waals surface area contributed by atoms with Gasteiger partial charge in [-0.05, 0) is 164 Å². The number of hydrogen-bond acceptors (Lipinski definition) is 6. The zero-order valence-electron chi connectivity index (χ0n) is 45.9. The molecule has 0 saturated carbocycles. The number of rotatable bonds is 33. The summed E-state index contributed by atoms with van der Waals surface area (Å²) in [6.45, 7) is 15.5. The summed E-state index contributed by atoms with van der Waals surface area (Å²) >= 11 is 7.79. The molecule has 0 aliphatic rings. The number of fused-ring (bicyclic) bond motifs is 3. The van der Waals surface area contributed by atoms with E-state index >= 15 is 0 Å². The van der Waals surface area contributed by atoms with Crippen molar-refractivity contribution in [3.63, 3.8) is 0 Å². The molecule has 3 aromatic carbocycles. The first-order chi connectivity index (χ1) is 36.4. The Kier molecular flexibility index (Phi) is 21.7. The van der Waals surface area contributed by atoms with E-state index in [9.17, 15) is 4.79 Å². The number of unbranched alkanes of at least 4 members (excludes halogenated alkanes) is 15. The molecule has 0 radical (unpaired) electrons. The third-order valence-corrected chi connectivity index (χ3v) is 20.4. The number of benzene rings is 3. The average molecular weight is 1060 g/mol. The van der Waals surface area contributed by atoms with E-state index in [0.29, 0.717) is 0 Å². The summed E-state index contributed by atoms with van der Waals surface area (Å²) < 4.78 is 8.63. The maximum atomic E-state index is 12.2. The summed E-state index contributed by atoms with van der Waals surface area (Å²) in [6.07, 6.45) is 30.3. The first-order valence-corrected chi connectivity index (χ1v) is 32.4. The van der Waals surface area contributed by atoms with Gasteiger partial charge in [0, 0.05) is 62.5 Å². The van der Waals surface area contributed by atoms with Gasteiger partial charge < -0.3 is 9.30 Å². The molecule has 8 rings (SSSR count). The second kappa shape index (κ2) is 28.7. The van der Waals surface area contributed by atoms with E-state index in [4.69, 9.17) is 4.74 Å². The second-order valence-corrected chi connectivity index (χ2v) is 25.1. The highest BCUT2D eigenvalue weighted by molar-refractivity contribution is 7.29. The highest BCUT2D eigenvalue weighted by atomic mass is 32.1. The minimum absolute atomic E-state index is 0.781. The van der Waals surface area contributed by atoms with E-state index in [0.717, 1.165) is 62.2 Å². The van der Waals surface area contributed by atoms with Crippen molar-refractivity contribution in [3.05, 3.63) is 112 Å². The lowest BCUT2D eigenvalue weighted by Gasteiger charge is -2.08. The van der Waals surface area contributed by atoms with Crippen molar-refractivity contribution < 1.29 is 9.53 Å². The largest absolute Gasteiger partial charge is 0.494 e. The molecular weight excluding hydrogens is 979 g/mol. The zero-order valence-corrected chi connectivity index (χ0v) is 49.2. The molecule has 0 bridgehead atoms. The van der Waals surface area contributed by atoms with Gasteiger partial charge in [0.05, 0.1) is 11.5 Å². The van der Waals surface area contributed by atoms with Gasteiger partial charge in [-0.3, -0.25) is 4.79 Å². The van der Waals surface area contributed by atoms with Gasteiger partial charge in [0.25, 0.3) is 0 Å². The number of thiophene rings is 4. The topological polar surface area (TPSA) is 31.2 Å². The zero-order chi connectivity index (χ0) is 51.7. The fourth-order valence-electron chi connectivity index (χ4n) is 10.9. The summed E-state index contributed by atoms with van der Waals surface area (Å²) in [5.74, 6) is 0.955. The van der Waals surface area contributed by atoms with Crippen molar-refractivity contribution in [2.75, 3.05) is 6.61 Å². The third-order valence-electron chi connectivity index (χ3n) is 15.1.